The Morgan fingerprint density at radius 1 is 1.41 bits per heavy atom. The summed E-state index contributed by atoms with van der Waals surface area (Å²) >= 11 is 0. The number of carbonyl (C=O) groups excluding carboxylic acids is 1. The highest BCUT2D eigenvalue weighted by atomic mass is 16.5. The third-order valence-electron chi connectivity index (χ3n) is 2.29. The predicted molar refractivity (Wildman–Crippen MR) is 64.8 cm³/mol. The second kappa shape index (κ2) is 6.75. The molecular formula is C12H18N2O3. The van der Waals surface area contributed by atoms with Crippen LogP contribution < -0.4 is 20.7 Å². The Balaban J connectivity index is 2.43. The standard InChI is InChI=1S/C12H18N2O3/c1-9-5-6-10(11(8-9)16-2)17-7-3-4-12(15)14-13/h5-6,8H,3-4,7,13H2,1-2H3,(H,14,15). The summed E-state index contributed by atoms with van der Waals surface area (Å²) in [6.45, 7) is 2.44. The maximum atomic E-state index is 10.9. The molecule has 0 spiro atoms. The van der Waals surface area contributed by atoms with Gasteiger partial charge in [-0.05, 0) is 31.0 Å². The van der Waals surface area contributed by atoms with E-state index >= 15 is 0 Å². The summed E-state index contributed by atoms with van der Waals surface area (Å²) in [4.78, 5) is 10.9. The Hall–Kier alpha value is -1.75. The van der Waals surface area contributed by atoms with Crippen molar-refractivity contribution in [2.24, 2.45) is 5.84 Å². The van der Waals surface area contributed by atoms with Crippen LogP contribution in [-0.2, 0) is 4.79 Å². The fourth-order valence-electron chi connectivity index (χ4n) is 1.38. The summed E-state index contributed by atoms with van der Waals surface area (Å²) in [7, 11) is 1.60. The van der Waals surface area contributed by atoms with Gasteiger partial charge in [0, 0.05) is 6.42 Å². The molecule has 0 aliphatic heterocycles. The molecule has 0 heterocycles. The molecule has 1 rings (SSSR count). The number of hydrogen-bond donors (Lipinski definition) is 2. The van der Waals surface area contributed by atoms with E-state index in [2.05, 4.69) is 5.43 Å². The molecule has 0 aromatic heterocycles. The molecule has 1 aromatic carbocycles. The number of hydrogen-bond acceptors (Lipinski definition) is 4. The van der Waals surface area contributed by atoms with Gasteiger partial charge in [0.2, 0.25) is 5.91 Å². The number of nitrogens with two attached hydrogens (primary N) is 1. The molecule has 5 nitrogen and oxygen atoms in total. The number of nitrogens with one attached hydrogen (secondary N) is 1. The number of amides is 1. The van der Waals surface area contributed by atoms with Gasteiger partial charge in [-0.3, -0.25) is 10.2 Å². The lowest BCUT2D eigenvalue weighted by molar-refractivity contribution is -0.121. The van der Waals surface area contributed by atoms with Crippen LogP contribution in [0.15, 0.2) is 18.2 Å². The maximum Gasteiger partial charge on any atom is 0.234 e. The first-order chi connectivity index (χ1) is 8.17. The zero-order chi connectivity index (χ0) is 12.7. The van der Waals surface area contributed by atoms with E-state index in [4.69, 9.17) is 15.3 Å². The van der Waals surface area contributed by atoms with Gasteiger partial charge in [0.1, 0.15) is 0 Å². The smallest absolute Gasteiger partial charge is 0.234 e. The molecule has 1 aromatic rings. The van der Waals surface area contributed by atoms with Crippen molar-refractivity contribution in [1.82, 2.24) is 5.43 Å². The normalized spacial score (nSPS) is 9.82. The van der Waals surface area contributed by atoms with Gasteiger partial charge in [0.05, 0.1) is 13.7 Å². The summed E-state index contributed by atoms with van der Waals surface area (Å²) in [5, 5.41) is 0. The molecule has 17 heavy (non-hydrogen) atoms. The largest absolute Gasteiger partial charge is 0.493 e. The summed E-state index contributed by atoms with van der Waals surface area (Å²) < 4.78 is 10.7. The fourth-order valence-corrected chi connectivity index (χ4v) is 1.38. The van der Waals surface area contributed by atoms with Crippen LogP contribution in [0.3, 0.4) is 0 Å². The first-order valence-electron chi connectivity index (χ1n) is 5.44. The van der Waals surface area contributed by atoms with Crippen molar-refractivity contribution in [3.8, 4) is 11.5 Å². The van der Waals surface area contributed by atoms with Crippen LogP contribution in [0.25, 0.3) is 0 Å². The summed E-state index contributed by atoms with van der Waals surface area (Å²) in [6.07, 6.45) is 0.963. The van der Waals surface area contributed by atoms with Crippen molar-refractivity contribution >= 4 is 5.91 Å². The summed E-state index contributed by atoms with van der Waals surface area (Å²) in [6, 6.07) is 5.71. The zero-order valence-electron chi connectivity index (χ0n) is 10.2. The minimum atomic E-state index is -0.190. The van der Waals surface area contributed by atoms with Crippen LogP contribution in [-0.4, -0.2) is 19.6 Å². The zero-order valence-corrected chi connectivity index (χ0v) is 10.2. The number of ether oxygens (including phenoxy) is 2. The Morgan fingerprint density at radius 3 is 2.82 bits per heavy atom. The Morgan fingerprint density at radius 2 is 2.18 bits per heavy atom. The molecule has 0 atom stereocenters. The van der Waals surface area contributed by atoms with Gasteiger partial charge in [0.15, 0.2) is 11.5 Å². The average molecular weight is 238 g/mol. The average Bonchev–Trinajstić information content (AvgIpc) is 2.35. The number of hydrazine groups is 1. The van der Waals surface area contributed by atoms with E-state index in [1.807, 2.05) is 25.1 Å². The first-order valence-corrected chi connectivity index (χ1v) is 5.44. The molecule has 0 unspecified atom stereocenters. The van der Waals surface area contributed by atoms with E-state index < -0.39 is 0 Å². The molecule has 0 aliphatic rings. The highest BCUT2D eigenvalue weighted by molar-refractivity contribution is 5.75. The van der Waals surface area contributed by atoms with Crippen molar-refractivity contribution in [3.05, 3.63) is 23.8 Å². The number of aryl methyl sites for hydroxylation is 1. The number of carbonyl (C=O) groups is 1. The number of methoxy groups -OCH3 is 1. The van der Waals surface area contributed by atoms with Gasteiger partial charge in [-0.15, -0.1) is 0 Å². The van der Waals surface area contributed by atoms with Gasteiger partial charge < -0.3 is 9.47 Å². The van der Waals surface area contributed by atoms with Crippen LogP contribution >= 0.6 is 0 Å². The van der Waals surface area contributed by atoms with E-state index in [0.717, 1.165) is 5.56 Å². The van der Waals surface area contributed by atoms with Crippen molar-refractivity contribution in [2.75, 3.05) is 13.7 Å². The molecule has 0 radical (unpaired) electrons. The van der Waals surface area contributed by atoms with E-state index in [0.29, 0.717) is 30.9 Å². The van der Waals surface area contributed by atoms with Crippen molar-refractivity contribution in [1.29, 1.82) is 0 Å². The highest BCUT2D eigenvalue weighted by Crippen LogP contribution is 2.27. The molecular weight excluding hydrogens is 220 g/mol. The molecule has 0 aliphatic carbocycles. The van der Waals surface area contributed by atoms with Crippen LogP contribution in [0.2, 0.25) is 0 Å². The molecule has 0 fully saturated rings. The van der Waals surface area contributed by atoms with Gasteiger partial charge in [-0.2, -0.15) is 0 Å². The van der Waals surface area contributed by atoms with Crippen LogP contribution in [0.1, 0.15) is 18.4 Å². The predicted octanol–water partition coefficient (Wildman–Crippen LogP) is 1.15. The third-order valence-corrected chi connectivity index (χ3v) is 2.29. The quantitative estimate of drug-likeness (QED) is 0.337. The second-order valence-electron chi connectivity index (χ2n) is 3.67. The van der Waals surface area contributed by atoms with E-state index in [1.165, 1.54) is 0 Å². The third kappa shape index (κ3) is 4.32. The van der Waals surface area contributed by atoms with Gasteiger partial charge in [-0.1, -0.05) is 6.07 Å². The first kappa shape index (κ1) is 13.3. The molecule has 5 heteroatoms. The van der Waals surface area contributed by atoms with Gasteiger partial charge in [-0.25, -0.2) is 5.84 Å². The second-order valence-corrected chi connectivity index (χ2v) is 3.67. The Labute approximate surface area is 101 Å². The summed E-state index contributed by atoms with van der Waals surface area (Å²) in [5.41, 5.74) is 3.18. The minimum absolute atomic E-state index is 0.190. The van der Waals surface area contributed by atoms with Crippen molar-refractivity contribution in [2.45, 2.75) is 19.8 Å². The fraction of sp³-hybridized carbons (Fsp3) is 0.417. The number of rotatable bonds is 6. The Bertz CT molecular complexity index is 380. The van der Waals surface area contributed by atoms with Crippen LogP contribution in [0.4, 0.5) is 0 Å². The van der Waals surface area contributed by atoms with Crippen molar-refractivity contribution in [3.63, 3.8) is 0 Å². The lowest BCUT2D eigenvalue weighted by atomic mass is 10.2. The van der Waals surface area contributed by atoms with Crippen LogP contribution in [0.5, 0.6) is 11.5 Å². The molecule has 0 bridgehead atoms. The van der Waals surface area contributed by atoms with Gasteiger partial charge >= 0.3 is 0 Å². The lowest BCUT2D eigenvalue weighted by Gasteiger charge is -2.10. The highest BCUT2D eigenvalue weighted by Gasteiger charge is 2.04. The molecule has 0 saturated heterocycles. The lowest BCUT2D eigenvalue weighted by Crippen LogP contribution is -2.29. The molecule has 1 amide bonds. The maximum absolute atomic E-state index is 10.9. The SMILES string of the molecule is COc1cc(C)ccc1OCCCC(=O)NN. The molecule has 3 N–H and O–H groups in total. The van der Waals surface area contributed by atoms with E-state index in [1.54, 1.807) is 7.11 Å². The minimum Gasteiger partial charge on any atom is -0.493 e. The summed E-state index contributed by atoms with van der Waals surface area (Å²) in [5.74, 6) is 6.17. The van der Waals surface area contributed by atoms with Crippen LogP contribution in [0, 0.1) is 6.92 Å². The van der Waals surface area contributed by atoms with Gasteiger partial charge in [0.25, 0.3) is 0 Å². The van der Waals surface area contributed by atoms with Crippen molar-refractivity contribution < 1.29 is 14.3 Å². The Kier molecular flexibility index (Phi) is 5.29. The number of benzene rings is 1. The molecule has 94 valence electrons. The van der Waals surface area contributed by atoms with E-state index in [-0.39, 0.29) is 5.91 Å². The molecule has 0 saturated carbocycles. The van der Waals surface area contributed by atoms with E-state index in [9.17, 15) is 4.79 Å². The topological polar surface area (TPSA) is 73.6 Å². The monoisotopic (exact) mass is 238 g/mol.